The van der Waals surface area contributed by atoms with Gasteiger partial charge in [0.1, 0.15) is 0 Å². The number of halogens is 1. The van der Waals surface area contributed by atoms with Crippen molar-refractivity contribution in [2.45, 2.75) is 18.1 Å². The van der Waals surface area contributed by atoms with Gasteiger partial charge < -0.3 is 4.74 Å². The number of hydrogen-bond acceptors (Lipinski definition) is 4. The highest BCUT2D eigenvalue weighted by Gasteiger charge is 2.28. The summed E-state index contributed by atoms with van der Waals surface area (Å²) in [6.45, 7) is 0.609. The first kappa shape index (κ1) is 9.60. The van der Waals surface area contributed by atoms with E-state index in [0.717, 1.165) is 4.68 Å². The normalized spacial score (nSPS) is 16.7. The molecule has 1 aromatic rings. The fraction of sp³-hybridized carbons (Fsp3) is 0.571. The van der Waals surface area contributed by atoms with Crippen molar-refractivity contribution in [2.75, 3.05) is 6.61 Å². The van der Waals surface area contributed by atoms with Gasteiger partial charge >= 0.3 is 10.2 Å². The largest absolute Gasteiger partial charge is 0.376 e. The Labute approximate surface area is 80.7 Å². The molecule has 0 radical (unpaired) electrons. The van der Waals surface area contributed by atoms with Gasteiger partial charge in [0.25, 0.3) is 0 Å². The molecule has 0 amide bonds. The molecular formula is C7H9FN2O3S. The van der Waals surface area contributed by atoms with Gasteiger partial charge in [0.15, 0.2) is 5.03 Å². The fourth-order valence-corrected chi connectivity index (χ4v) is 2.43. The van der Waals surface area contributed by atoms with Crippen LogP contribution in [0.5, 0.6) is 0 Å². The zero-order valence-electron chi connectivity index (χ0n) is 7.53. The highest BCUT2D eigenvalue weighted by Crippen LogP contribution is 2.24. The van der Waals surface area contributed by atoms with Crippen LogP contribution in [0.25, 0.3) is 0 Å². The molecule has 0 bridgehead atoms. The highest BCUT2D eigenvalue weighted by atomic mass is 32.3. The molecule has 0 aliphatic carbocycles. The van der Waals surface area contributed by atoms with Crippen LogP contribution in [0.2, 0.25) is 0 Å². The lowest BCUT2D eigenvalue weighted by Gasteiger charge is -2.10. The van der Waals surface area contributed by atoms with Crippen LogP contribution in [-0.2, 0) is 35.0 Å². The minimum Gasteiger partial charge on any atom is -0.376 e. The maximum absolute atomic E-state index is 12.9. The number of aromatic nitrogens is 2. The molecule has 2 heterocycles. The smallest absolute Gasteiger partial charge is 0.349 e. The van der Waals surface area contributed by atoms with E-state index in [1.54, 1.807) is 0 Å². The van der Waals surface area contributed by atoms with Crippen LogP contribution in [0.1, 0.15) is 11.3 Å². The Kier molecular flexibility index (Phi) is 2.07. The van der Waals surface area contributed by atoms with E-state index in [4.69, 9.17) is 4.74 Å². The summed E-state index contributed by atoms with van der Waals surface area (Å²) in [6.07, 6.45) is 0.526. The Hall–Kier alpha value is -0.950. The predicted molar refractivity (Wildman–Crippen MR) is 44.9 cm³/mol. The van der Waals surface area contributed by atoms with Gasteiger partial charge in [0.05, 0.1) is 18.9 Å². The minimum absolute atomic E-state index is 0.113. The summed E-state index contributed by atoms with van der Waals surface area (Å²) in [7, 11) is -3.30. The van der Waals surface area contributed by atoms with E-state index in [0.29, 0.717) is 24.3 Å². The molecule has 0 fully saturated rings. The number of rotatable bonds is 1. The summed E-state index contributed by atoms with van der Waals surface area (Å²) in [4.78, 5) is 0. The summed E-state index contributed by atoms with van der Waals surface area (Å²) in [5.74, 6) is 0. The van der Waals surface area contributed by atoms with Crippen LogP contribution < -0.4 is 0 Å². The van der Waals surface area contributed by atoms with Gasteiger partial charge in [0, 0.05) is 19.0 Å². The van der Waals surface area contributed by atoms with E-state index in [2.05, 4.69) is 5.10 Å². The summed E-state index contributed by atoms with van der Waals surface area (Å²) in [5, 5.41) is 3.55. The molecule has 14 heavy (non-hydrogen) atoms. The Bertz CT molecular complexity index is 466. The standard InChI is InChI=1S/C7H9FN2O3S/c1-10-7(14(8,11)12)5-4-13-3-2-6(5)9-10/h2-4H2,1H3. The number of ether oxygens (including phenoxy) is 1. The van der Waals surface area contributed by atoms with Gasteiger partial charge in [-0.25, -0.2) is 0 Å². The fourth-order valence-electron chi connectivity index (χ4n) is 1.60. The van der Waals surface area contributed by atoms with Gasteiger partial charge in [-0.15, -0.1) is 0 Å². The maximum Gasteiger partial charge on any atom is 0.349 e. The van der Waals surface area contributed by atoms with E-state index in [-0.39, 0.29) is 11.6 Å². The predicted octanol–water partition coefficient (Wildman–Crippen LogP) is 0.151. The third-order valence-corrected chi connectivity index (χ3v) is 3.10. The lowest BCUT2D eigenvalue weighted by Crippen LogP contribution is -2.10. The van der Waals surface area contributed by atoms with Crippen molar-refractivity contribution in [1.29, 1.82) is 0 Å². The van der Waals surface area contributed by atoms with Gasteiger partial charge in [-0.3, -0.25) is 4.68 Å². The first-order valence-corrected chi connectivity index (χ1v) is 5.45. The lowest BCUT2D eigenvalue weighted by atomic mass is 10.2. The number of fused-ring (bicyclic) bond motifs is 1. The Balaban J connectivity index is 2.65. The van der Waals surface area contributed by atoms with Crippen molar-refractivity contribution < 1.29 is 17.0 Å². The first-order chi connectivity index (χ1) is 6.50. The third kappa shape index (κ3) is 1.42. The minimum atomic E-state index is -4.71. The van der Waals surface area contributed by atoms with Crippen LogP contribution in [0.15, 0.2) is 5.03 Å². The van der Waals surface area contributed by atoms with Crippen LogP contribution in [0.4, 0.5) is 3.89 Å². The van der Waals surface area contributed by atoms with Crippen molar-refractivity contribution >= 4 is 10.2 Å². The molecule has 78 valence electrons. The molecule has 0 atom stereocenters. The molecule has 5 nitrogen and oxygen atoms in total. The molecule has 2 rings (SSSR count). The average Bonchev–Trinajstić information content (AvgIpc) is 2.38. The van der Waals surface area contributed by atoms with Crippen molar-refractivity contribution in [3.8, 4) is 0 Å². The number of aryl methyl sites for hydroxylation is 1. The van der Waals surface area contributed by atoms with Crippen LogP contribution in [0.3, 0.4) is 0 Å². The van der Waals surface area contributed by atoms with Gasteiger partial charge in [-0.1, -0.05) is 3.89 Å². The van der Waals surface area contributed by atoms with Gasteiger partial charge in [0.2, 0.25) is 0 Å². The quantitative estimate of drug-likeness (QED) is 0.632. The second-order valence-corrected chi connectivity index (χ2v) is 4.36. The zero-order valence-corrected chi connectivity index (χ0v) is 8.34. The monoisotopic (exact) mass is 220 g/mol. The molecule has 1 aliphatic heterocycles. The highest BCUT2D eigenvalue weighted by molar-refractivity contribution is 7.86. The molecule has 0 spiro atoms. The van der Waals surface area contributed by atoms with Crippen LogP contribution in [-0.4, -0.2) is 24.8 Å². The van der Waals surface area contributed by atoms with Crippen molar-refractivity contribution in [1.82, 2.24) is 9.78 Å². The molecule has 1 aliphatic rings. The molecule has 7 heteroatoms. The van der Waals surface area contributed by atoms with E-state index in [9.17, 15) is 12.3 Å². The van der Waals surface area contributed by atoms with Gasteiger partial charge in [-0.2, -0.15) is 13.5 Å². The van der Waals surface area contributed by atoms with E-state index < -0.39 is 10.2 Å². The molecular weight excluding hydrogens is 211 g/mol. The van der Waals surface area contributed by atoms with E-state index in [1.165, 1.54) is 7.05 Å². The van der Waals surface area contributed by atoms with Crippen molar-refractivity contribution in [3.63, 3.8) is 0 Å². The number of hydrogen-bond donors (Lipinski definition) is 0. The summed E-state index contributed by atoms with van der Waals surface area (Å²) < 4.78 is 40.6. The molecule has 0 N–H and O–H groups in total. The Morgan fingerprint density at radius 3 is 2.93 bits per heavy atom. The summed E-state index contributed by atoms with van der Waals surface area (Å²) in [6, 6.07) is 0. The SMILES string of the molecule is Cn1nc2c(c1S(=O)(=O)F)COCC2. The lowest BCUT2D eigenvalue weighted by molar-refractivity contribution is 0.108. The van der Waals surface area contributed by atoms with Crippen molar-refractivity contribution in [3.05, 3.63) is 11.3 Å². The molecule has 1 aromatic heterocycles. The van der Waals surface area contributed by atoms with Crippen LogP contribution >= 0.6 is 0 Å². The number of nitrogens with zero attached hydrogens (tertiary/aromatic N) is 2. The molecule has 0 unspecified atom stereocenters. The van der Waals surface area contributed by atoms with E-state index in [1.807, 2.05) is 0 Å². The third-order valence-electron chi connectivity index (χ3n) is 2.13. The summed E-state index contributed by atoms with van der Waals surface area (Å²) >= 11 is 0. The Morgan fingerprint density at radius 2 is 2.29 bits per heavy atom. The molecule has 0 saturated heterocycles. The van der Waals surface area contributed by atoms with E-state index >= 15 is 0 Å². The van der Waals surface area contributed by atoms with Gasteiger partial charge in [-0.05, 0) is 0 Å². The molecule has 0 aromatic carbocycles. The second-order valence-electron chi connectivity index (χ2n) is 3.09. The average molecular weight is 220 g/mol. The summed E-state index contributed by atoms with van der Waals surface area (Å²) in [5.41, 5.74) is 0.955. The topological polar surface area (TPSA) is 61.2 Å². The van der Waals surface area contributed by atoms with Crippen LogP contribution in [0, 0.1) is 0 Å². The first-order valence-electron chi connectivity index (χ1n) is 4.07. The Morgan fingerprint density at radius 1 is 1.57 bits per heavy atom. The second kappa shape index (κ2) is 3.03. The van der Waals surface area contributed by atoms with Crippen molar-refractivity contribution in [2.24, 2.45) is 7.05 Å². The molecule has 0 saturated carbocycles. The maximum atomic E-state index is 12.9. The zero-order chi connectivity index (χ0) is 10.3.